The lowest BCUT2D eigenvalue weighted by molar-refractivity contribution is 0.0909. The zero-order chi connectivity index (χ0) is 22.0. The number of amides is 1. The maximum absolute atomic E-state index is 12.4. The fourth-order valence-electron chi connectivity index (χ4n) is 3.64. The highest BCUT2D eigenvalue weighted by molar-refractivity contribution is 6.32. The number of para-hydroxylation sites is 2. The van der Waals surface area contributed by atoms with E-state index in [1.54, 1.807) is 12.1 Å². The molecule has 31 heavy (non-hydrogen) atoms. The molecule has 160 valence electrons. The Kier molecular flexibility index (Phi) is 6.00. The number of carbonyl (C=O) groups excluding carboxylic acids is 1. The number of carbonyl (C=O) groups is 1. The van der Waals surface area contributed by atoms with Crippen LogP contribution in [-0.2, 0) is 6.54 Å². The third-order valence-electron chi connectivity index (χ3n) is 5.16. The number of nitrogens with zero attached hydrogens (tertiary/aromatic N) is 2. The second-order valence-electron chi connectivity index (χ2n) is 7.50. The Labute approximate surface area is 185 Å². The van der Waals surface area contributed by atoms with E-state index in [-0.39, 0.29) is 17.7 Å². The van der Waals surface area contributed by atoms with Gasteiger partial charge in [-0.3, -0.25) is 4.79 Å². The van der Waals surface area contributed by atoms with Crippen molar-refractivity contribution in [1.29, 1.82) is 0 Å². The molecule has 0 spiro atoms. The number of imidazole rings is 1. The lowest BCUT2D eigenvalue weighted by Crippen LogP contribution is -2.28. The molecule has 0 radical (unpaired) electrons. The lowest BCUT2D eigenvalue weighted by Gasteiger charge is -2.16. The first kappa shape index (κ1) is 21.0. The van der Waals surface area contributed by atoms with E-state index in [4.69, 9.17) is 25.7 Å². The molecule has 7 heteroatoms. The van der Waals surface area contributed by atoms with E-state index in [1.807, 2.05) is 57.2 Å². The highest BCUT2D eigenvalue weighted by Crippen LogP contribution is 2.26. The fraction of sp³-hybridized carbons (Fsp3) is 0.250. The Morgan fingerprint density at radius 1 is 1.19 bits per heavy atom. The minimum atomic E-state index is -0.315. The molecule has 4 rings (SSSR count). The van der Waals surface area contributed by atoms with Crippen molar-refractivity contribution in [2.45, 2.75) is 33.4 Å². The molecule has 0 aliphatic carbocycles. The van der Waals surface area contributed by atoms with Gasteiger partial charge in [0.05, 0.1) is 29.9 Å². The van der Waals surface area contributed by atoms with Crippen molar-refractivity contribution in [3.05, 3.63) is 82.5 Å². The molecule has 0 fully saturated rings. The molecule has 1 N–H and O–H groups in total. The first-order chi connectivity index (χ1) is 14.9. The SMILES string of the molecule is Cc1cc(OCCn2c(C(C)NC(=O)c3ccco3)nc3ccccc32)cc(C)c1Cl. The van der Waals surface area contributed by atoms with Crippen LogP contribution in [0.1, 0.15) is 40.5 Å². The highest BCUT2D eigenvalue weighted by atomic mass is 35.5. The summed E-state index contributed by atoms with van der Waals surface area (Å²) < 4.78 is 13.3. The van der Waals surface area contributed by atoms with Gasteiger partial charge in [0.1, 0.15) is 18.2 Å². The number of hydrogen-bond donors (Lipinski definition) is 1. The number of hydrogen-bond acceptors (Lipinski definition) is 4. The van der Waals surface area contributed by atoms with E-state index in [9.17, 15) is 4.79 Å². The van der Waals surface area contributed by atoms with Crippen LogP contribution in [0.3, 0.4) is 0 Å². The molecular weight excluding hydrogens is 414 g/mol. The third kappa shape index (κ3) is 4.44. The second-order valence-corrected chi connectivity index (χ2v) is 7.88. The maximum Gasteiger partial charge on any atom is 0.287 e. The summed E-state index contributed by atoms with van der Waals surface area (Å²) in [6.45, 7) is 6.87. The molecule has 1 amide bonds. The number of nitrogens with one attached hydrogen (secondary N) is 1. The topological polar surface area (TPSA) is 69.3 Å². The van der Waals surface area contributed by atoms with Gasteiger partial charge in [-0.1, -0.05) is 23.7 Å². The standard InChI is InChI=1S/C24H24ClN3O3/c1-15-13-18(14-16(2)22(15)25)30-12-10-28-20-8-5-4-7-19(20)27-23(28)17(3)26-24(29)21-9-6-11-31-21/h4-9,11,13-14,17H,10,12H2,1-3H3,(H,26,29). The van der Waals surface area contributed by atoms with Crippen LogP contribution < -0.4 is 10.1 Å². The van der Waals surface area contributed by atoms with Gasteiger partial charge < -0.3 is 19.0 Å². The van der Waals surface area contributed by atoms with Crippen molar-refractivity contribution < 1.29 is 13.9 Å². The smallest absolute Gasteiger partial charge is 0.287 e. The van der Waals surface area contributed by atoms with E-state index < -0.39 is 0 Å². The van der Waals surface area contributed by atoms with Crippen molar-refractivity contribution in [2.75, 3.05) is 6.61 Å². The van der Waals surface area contributed by atoms with Crippen molar-refractivity contribution >= 4 is 28.5 Å². The second kappa shape index (κ2) is 8.86. The predicted octanol–water partition coefficient (Wildman–Crippen LogP) is 5.47. The van der Waals surface area contributed by atoms with Crippen LogP contribution in [-0.4, -0.2) is 22.1 Å². The molecule has 0 saturated heterocycles. The van der Waals surface area contributed by atoms with Gasteiger partial charge in [-0.05, 0) is 68.3 Å². The number of halogens is 1. The van der Waals surface area contributed by atoms with Crippen molar-refractivity contribution in [3.63, 3.8) is 0 Å². The van der Waals surface area contributed by atoms with Gasteiger partial charge in [0.2, 0.25) is 0 Å². The van der Waals surface area contributed by atoms with Gasteiger partial charge in [-0.25, -0.2) is 4.98 Å². The van der Waals surface area contributed by atoms with Crippen LogP contribution in [0.15, 0.2) is 59.2 Å². The fourth-order valence-corrected chi connectivity index (χ4v) is 3.75. The van der Waals surface area contributed by atoms with Gasteiger partial charge >= 0.3 is 0 Å². The molecule has 0 aliphatic rings. The lowest BCUT2D eigenvalue weighted by atomic mass is 10.1. The molecule has 2 heterocycles. The van der Waals surface area contributed by atoms with E-state index in [1.165, 1.54) is 6.26 Å². The maximum atomic E-state index is 12.4. The van der Waals surface area contributed by atoms with Crippen molar-refractivity contribution in [3.8, 4) is 5.75 Å². The minimum absolute atomic E-state index is 0.270. The van der Waals surface area contributed by atoms with Crippen LogP contribution in [0.2, 0.25) is 5.02 Å². The molecule has 2 aromatic carbocycles. The zero-order valence-corrected chi connectivity index (χ0v) is 18.4. The molecule has 6 nitrogen and oxygen atoms in total. The molecule has 4 aromatic rings. The Morgan fingerprint density at radius 3 is 2.65 bits per heavy atom. The van der Waals surface area contributed by atoms with E-state index >= 15 is 0 Å². The number of ether oxygens (including phenoxy) is 1. The monoisotopic (exact) mass is 437 g/mol. The average Bonchev–Trinajstić information content (AvgIpc) is 3.40. The minimum Gasteiger partial charge on any atom is -0.492 e. The van der Waals surface area contributed by atoms with Crippen molar-refractivity contribution in [1.82, 2.24) is 14.9 Å². The third-order valence-corrected chi connectivity index (χ3v) is 5.75. The quantitative estimate of drug-likeness (QED) is 0.416. The Balaban J connectivity index is 1.54. The summed E-state index contributed by atoms with van der Waals surface area (Å²) in [5.74, 6) is 1.53. The summed E-state index contributed by atoms with van der Waals surface area (Å²) in [5, 5.41) is 3.72. The summed E-state index contributed by atoms with van der Waals surface area (Å²) in [5.41, 5.74) is 3.83. The number of aromatic nitrogens is 2. The number of furan rings is 1. The first-order valence-corrected chi connectivity index (χ1v) is 10.5. The van der Waals surface area contributed by atoms with Crippen LogP contribution in [0.5, 0.6) is 5.75 Å². The first-order valence-electron chi connectivity index (χ1n) is 10.1. The van der Waals surface area contributed by atoms with Gasteiger partial charge in [0.15, 0.2) is 5.76 Å². The molecular formula is C24H24ClN3O3. The predicted molar refractivity (Wildman–Crippen MR) is 121 cm³/mol. The van der Waals surface area contributed by atoms with Crippen molar-refractivity contribution in [2.24, 2.45) is 0 Å². The number of benzene rings is 2. The van der Waals surface area contributed by atoms with Gasteiger partial charge in [0, 0.05) is 5.02 Å². The molecule has 0 bridgehead atoms. The Hall–Kier alpha value is -3.25. The molecule has 2 aromatic heterocycles. The number of fused-ring (bicyclic) bond motifs is 1. The summed E-state index contributed by atoms with van der Waals surface area (Å²) in [7, 11) is 0. The van der Waals surface area contributed by atoms with Crippen LogP contribution in [0.25, 0.3) is 11.0 Å². The molecule has 1 unspecified atom stereocenters. The normalized spacial score (nSPS) is 12.1. The summed E-state index contributed by atoms with van der Waals surface area (Å²) >= 11 is 6.26. The number of rotatable bonds is 7. The van der Waals surface area contributed by atoms with E-state index in [0.29, 0.717) is 13.2 Å². The van der Waals surface area contributed by atoms with Gasteiger partial charge in [-0.2, -0.15) is 0 Å². The highest BCUT2D eigenvalue weighted by Gasteiger charge is 2.20. The molecule has 1 atom stereocenters. The average molecular weight is 438 g/mol. The number of aryl methyl sites for hydroxylation is 2. The van der Waals surface area contributed by atoms with Crippen LogP contribution >= 0.6 is 11.6 Å². The largest absolute Gasteiger partial charge is 0.492 e. The van der Waals surface area contributed by atoms with Crippen LogP contribution in [0.4, 0.5) is 0 Å². The van der Waals surface area contributed by atoms with Gasteiger partial charge in [-0.15, -0.1) is 0 Å². The Morgan fingerprint density at radius 2 is 1.94 bits per heavy atom. The molecule has 0 saturated carbocycles. The summed E-state index contributed by atoms with van der Waals surface area (Å²) in [6, 6.07) is 14.8. The van der Waals surface area contributed by atoms with Gasteiger partial charge in [0.25, 0.3) is 5.91 Å². The van der Waals surface area contributed by atoms with E-state index in [0.717, 1.165) is 38.8 Å². The summed E-state index contributed by atoms with van der Waals surface area (Å²) in [4.78, 5) is 17.2. The zero-order valence-electron chi connectivity index (χ0n) is 17.7. The molecule has 0 aliphatic heterocycles. The van der Waals surface area contributed by atoms with Crippen LogP contribution in [0, 0.1) is 13.8 Å². The summed E-state index contributed by atoms with van der Waals surface area (Å²) in [6.07, 6.45) is 1.48. The Bertz CT molecular complexity index is 1190. The van der Waals surface area contributed by atoms with E-state index in [2.05, 4.69) is 9.88 Å².